The second kappa shape index (κ2) is 9.24. The molecule has 2 fully saturated rings. The molecule has 1 aliphatic heterocycles. The zero-order valence-corrected chi connectivity index (χ0v) is 21.0. The summed E-state index contributed by atoms with van der Waals surface area (Å²) in [5.41, 5.74) is 1.05. The fraction of sp³-hybridized carbons (Fsp3) is 0.720. The van der Waals surface area contributed by atoms with Crippen LogP contribution in [0.4, 0.5) is 22.4 Å². The van der Waals surface area contributed by atoms with Crippen LogP contribution in [0.15, 0.2) is 6.07 Å². The predicted molar refractivity (Wildman–Crippen MR) is 123 cm³/mol. The van der Waals surface area contributed by atoms with Gasteiger partial charge in [0.15, 0.2) is 11.5 Å². The molecule has 2 aromatic heterocycles. The van der Waals surface area contributed by atoms with E-state index in [4.69, 9.17) is 4.74 Å². The van der Waals surface area contributed by atoms with Crippen molar-refractivity contribution in [3.63, 3.8) is 0 Å². The maximum Gasteiger partial charge on any atom is 0.410 e. The minimum absolute atomic E-state index is 0.0225. The van der Waals surface area contributed by atoms with Gasteiger partial charge in [0.1, 0.15) is 11.3 Å². The molecule has 0 unspecified atom stereocenters. The molecule has 0 spiro atoms. The number of nitrogens with zero attached hydrogens (tertiary/aromatic N) is 4. The Morgan fingerprint density at radius 2 is 1.77 bits per heavy atom. The number of ether oxygens (including phenoxy) is 1. The molecule has 1 amide bonds. The van der Waals surface area contributed by atoms with Crippen LogP contribution in [0.1, 0.15) is 88.7 Å². The maximum absolute atomic E-state index is 15.5. The van der Waals surface area contributed by atoms with E-state index in [1.54, 1.807) is 11.8 Å². The van der Waals surface area contributed by atoms with Gasteiger partial charge in [-0.15, -0.1) is 0 Å². The molecule has 1 saturated carbocycles. The lowest BCUT2D eigenvalue weighted by molar-refractivity contribution is -0.182. The molecule has 0 bridgehead atoms. The van der Waals surface area contributed by atoms with Crippen molar-refractivity contribution < 1.29 is 27.1 Å². The summed E-state index contributed by atoms with van der Waals surface area (Å²) >= 11 is 0. The fourth-order valence-corrected chi connectivity index (χ4v) is 5.32. The number of amides is 1. The van der Waals surface area contributed by atoms with Crippen LogP contribution < -0.4 is 0 Å². The minimum atomic E-state index is -4.22. The number of likely N-dealkylation sites (tertiary alicyclic amines) is 1. The molecule has 10 heteroatoms. The van der Waals surface area contributed by atoms with Gasteiger partial charge in [0.2, 0.25) is 0 Å². The summed E-state index contributed by atoms with van der Waals surface area (Å²) in [4.78, 5) is 18.8. The molecule has 2 aliphatic rings. The van der Waals surface area contributed by atoms with E-state index in [1.807, 2.05) is 26.8 Å². The highest BCUT2D eigenvalue weighted by atomic mass is 19.4. The number of rotatable bonds is 2. The second-order valence-corrected chi connectivity index (χ2v) is 11.1. The van der Waals surface area contributed by atoms with Crippen molar-refractivity contribution in [3.05, 3.63) is 29.0 Å². The zero-order chi connectivity index (χ0) is 25.7. The lowest BCUT2D eigenvalue weighted by Gasteiger charge is -2.37. The Hall–Kier alpha value is -2.39. The van der Waals surface area contributed by atoms with E-state index in [-0.39, 0.29) is 60.9 Å². The number of alkyl halides is 3. The van der Waals surface area contributed by atoms with E-state index in [0.29, 0.717) is 18.8 Å². The predicted octanol–water partition coefficient (Wildman–Crippen LogP) is 6.37. The summed E-state index contributed by atoms with van der Waals surface area (Å²) < 4.78 is 61.9. The van der Waals surface area contributed by atoms with Crippen LogP contribution in [0.2, 0.25) is 0 Å². The van der Waals surface area contributed by atoms with Gasteiger partial charge in [-0.1, -0.05) is 6.92 Å². The van der Waals surface area contributed by atoms with E-state index in [0.717, 1.165) is 12.1 Å². The Morgan fingerprint density at radius 1 is 1.11 bits per heavy atom. The number of fused-ring (bicyclic) bond motifs is 1. The second-order valence-electron chi connectivity index (χ2n) is 11.1. The smallest absolute Gasteiger partial charge is 0.410 e. The summed E-state index contributed by atoms with van der Waals surface area (Å²) in [6.07, 6.45) is -3.41. The van der Waals surface area contributed by atoms with Gasteiger partial charge < -0.3 is 9.64 Å². The largest absolute Gasteiger partial charge is 0.444 e. The van der Waals surface area contributed by atoms with Gasteiger partial charge in [-0.2, -0.15) is 18.3 Å². The van der Waals surface area contributed by atoms with E-state index in [9.17, 15) is 18.0 Å². The van der Waals surface area contributed by atoms with Crippen molar-refractivity contribution in [2.75, 3.05) is 13.1 Å². The Bertz CT molecular complexity index is 1080. The first-order valence-electron chi connectivity index (χ1n) is 12.3. The lowest BCUT2D eigenvalue weighted by Crippen LogP contribution is -2.45. The Morgan fingerprint density at radius 3 is 2.37 bits per heavy atom. The molecule has 0 N–H and O–H groups in total. The third-order valence-electron chi connectivity index (χ3n) is 7.28. The van der Waals surface area contributed by atoms with Gasteiger partial charge in [0.05, 0.1) is 11.6 Å². The van der Waals surface area contributed by atoms with Crippen LogP contribution in [0, 0.1) is 24.6 Å². The normalized spacial score (nSPS) is 26.3. The summed E-state index contributed by atoms with van der Waals surface area (Å²) in [5, 5.41) is 4.57. The van der Waals surface area contributed by atoms with Crippen LogP contribution in [-0.4, -0.2) is 50.5 Å². The van der Waals surface area contributed by atoms with E-state index in [2.05, 4.69) is 17.0 Å². The third-order valence-corrected chi connectivity index (χ3v) is 7.28. The molecule has 2 aromatic rings. The van der Waals surface area contributed by atoms with Crippen LogP contribution in [0.25, 0.3) is 5.65 Å². The van der Waals surface area contributed by atoms with Crippen molar-refractivity contribution in [2.45, 2.75) is 90.3 Å². The summed E-state index contributed by atoms with van der Waals surface area (Å²) in [6, 6.07) is 1.86. The summed E-state index contributed by atoms with van der Waals surface area (Å²) in [5.74, 6) is -2.18. The number of piperidine rings is 1. The van der Waals surface area contributed by atoms with E-state index in [1.165, 1.54) is 4.52 Å². The van der Waals surface area contributed by atoms with Crippen molar-refractivity contribution in [2.24, 2.45) is 11.8 Å². The number of carbonyl (C=O) groups is 1. The molecule has 1 saturated heterocycles. The van der Waals surface area contributed by atoms with Crippen molar-refractivity contribution in [1.29, 1.82) is 0 Å². The highest BCUT2D eigenvalue weighted by Gasteiger charge is 2.43. The molecule has 6 nitrogen and oxygen atoms in total. The van der Waals surface area contributed by atoms with Crippen molar-refractivity contribution >= 4 is 11.7 Å². The van der Waals surface area contributed by atoms with Gasteiger partial charge >= 0.3 is 12.3 Å². The Balaban J connectivity index is 1.64. The summed E-state index contributed by atoms with van der Waals surface area (Å²) in [6.45, 7) is 10.3. The summed E-state index contributed by atoms with van der Waals surface area (Å²) in [7, 11) is 0. The first kappa shape index (κ1) is 25.7. The van der Waals surface area contributed by atoms with E-state index < -0.39 is 23.5 Å². The quantitative estimate of drug-likeness (QED) is 0.451. The minimum Gasteiger partial charge on any atom is -0.444 e. The fourth-order valence-electron chi connectivity index (χ4n) is 5.32. The molecule has 35 heavy (non-hydrogen) atoms. The van der Waals surface area contributed by atoms with E-state index >= 15 is 4.39 Å². The van der Waals surface area contributed by atoms with Gasteiger partial charge in [0, 0.05) is 30.6 Å². The Kier molecular flexibility index (Phi) is 6.79. The molecule has 2 atom stereocenters. The van der Waals surface area contributed by atoms with Crippen LogP contribution in [0.3, 0.4) is 0 Å². The van der Waals surface area contributed by atoms with Gasteiger partial charge in [-0.25, -0.2) is 18.7 Å². The first-order chi connectivity index (χ1) is 16.2. The molecular formula is C25H34F4N4O2. The third kappa shape index (κ3) is 5.40. The van der Waals surface area contributed by atoms with Crippen LogP contribution in [0.5, 0.6) is 0 Å². The number of hydrogen-bond acceptors (Lipinski definition) is 4. The zero-order valence-electron chi connectivity index (χ0n) is 21.0. The highest BCUT2D eigenvalue weighted by Crippen LogP contribution is 2.43. The number of carbonyl (C=O) groups excluding carboxylic acids is 1. The standard InChI is InChI=1S/C25H34F4N4O2/c1-14-10-11-32(23(34)35-24(3,4)5)13-18(14)19-12-15(2)30-22-20(26)21(31-33(19)22)16-6-8-17(9-7-16)25(27,28)29/h12,14,16-18H,6-11,13H2,1-5H3/t14-,16-,17-,18-/m0/s1. The average molecular weight is 499 g/mol. The van der Waals surface area contributed by atoms with Crippen molar-refractivity contribution in [1.82, 2.24) is 19.5 Å². The Labute approximate surface area is 203 Å². The molecule has 0 aromatic carbocycles. The monoisotopic (exact) mass is 498 g/mol. The van der Waals surface area contributed by atoms with Crippen LogP contribution in [-0.2, 0) is 4.74 Å². The molecule has 3 heterocycles. The molecule has 4 rings (SSSR count). The van der Waals surface area contributed by atoms with Crippen molar-refractivity contribution in [3.8, 4) is 0 Å². The molecule has 1 aliphatic carbocycles. The molecule has 0 radical (unpaired) electrons. The molecule has 194 valence electrons. The number of halogens is 4. The number of aryl methyl sites for hydroxylation is 1. The number of hydrogen-bond donors (Lipinski definition) is 0. The van der Waals surface area contributed by atoms with Crippen LogP contribution >= 0.6 is 0 Å². The van der Waals surface area contributed by atoms with Gasteiger partial charge in [-0.05, 0) is 71.8 Å². The maximum atomic E-state index is 15.5. The van der Waals surface area contributed by atoms with Gasteiger partial charge in [-0.3, -0.25) is 0 Å². The number of aromatic nitrogens is 3. The lowest BCUT2D eigenvalue weighted by atomic mass is 9.80. The first-order valence-corrected chi connectivity index (χ1v) is 12.3. The highest BCUT2D eigenvalue weighted by molar-refractivity contribution is 5.68. The van der Waals surface area contributed by atoms with Gasteiger partial charge in [0.25, 0.3) is 0 Å². The SMILES string of the molecule is Cc1cc([C@H]2CN(C(=O)OC(C)(C)C)CC[C@@H]2C)n2nc([C@H]3CC[C@H](C(F)(F)F)CC3)c(F)c2n1. The topological polar surface area (TPSA) is 59.7 Å². The average Bonchev–Trinajstić information content (AvgIpc) is 3.08. The molecular weight excluding hydrogens is 464 g/mol.